The normalized spacial score (nSPS) is 11.0. The minimum atomic E-state index is -0.687. The smallest absolute Gasteiger partial charge is 0.315 e. The monoisotopic (exact) mass is 324 g/mol. The van der Waals surface area contributed by atoms with Crippen LogP contribution in [0.2, 0.25) is 0 Å². The van der Waals surface area contributed by atoms with Crippen LogP contribution in [0.5, 0.6) is 11.5 Å². The van der Waals surface area contributed by atoms with Gasteiger partial charge in [0.05, 0.1) is 23.2 Å². The Hall–Kier alpha value is -3.33. The number of nitrogens with zero attached hydrogens (tertiary/aromatic N) is 2. The number of allylic oxidation sites excluding steroid dienone is 1. The molecule has 1 N–H and O–H groups in total. The lowest BCUT2D eigenvalue weighted by Crippen LogP contribution is -1.96. The Morgan fingerprint density at radius 1 is 1.38 bits per heavy atom. The van der Waals surface area contributed by atoms with Crippen molar-refractivity contribution < 1.29 is 14.8 Å². The highest BCUT2D eigenvalue weighted by atomic mass is 16.6. The molecule has 0 radical (unpaired) electrons. The quantitative estimate of drug-likeness (QED) is 0.387. The molecule has 0 fully saturated rings. The van der Waals surface area contributed by atoms with Crippen LogP contribution in [0.4, 0.5) is 5.69 Å². The topological polar surface area (TPSA) is 96.4 Å². The summed E-state index contributed by atoms with van der Waals surface area (Å²) in [6.45, 7) is 3.90. The van der Waals surface area contributed by atoms with Gasteiger partial charge in [0, 0.05) is 6.07 Å². The Balaban J connectivity index is 2.55. The van der Waals surface area contributed by atoms with Crippen molar-refractivity contribution in [2.24, 2.45) is 0 Å². The van der Waals surface area contributed by atoms with Crippen molar-refractivity contribution >= 4 is 17.3 Å². The summed E-state index contributed by atoms with van der Waals surface area (Å²) in [5.41, 5.74) is 2.07. The van der Waals surface area contributed by atoms with Gasteiger partial charge in [0.15, 0.2) is 5.75 Å². The van der Waals surface area contributed by atoms with E-state index in [2.05, 4.69) is 6.07 Å². The Kier molecular flexibility index (Phi) is 5.17. The van der Waals surface area contributed by atoms with Crippen LogP contribution >= 0.6 is 0 Å². The molecule has 0 heterocycles. The van der Waals surface area contributed by atoms with Crippen molar-refractivity contribution in [2.75, 3.05) is 6.61 Å². The average molecular weight is 324 g/mol. The van der Waals surface area contributed by atoms with Gasteiger partial charge in [-0.25, -0.2) is 0 Å². The van der Waals surface area contributed by atoms with Gasteiger partial charge in [-0.1, -0.05) is 29.8 Å². The van der Waals surface area contributed by atoms with E-state index in [0.29, 0.717) is 16.7 Å². The molecule has 122 valence electrons. The number of nitriles is 1. The van der Waals surface area contributed by atoms with Crippen LogP contribution in [0.15, 0.2) is 36.4 Å². The van der Waals surface area contributed by atoms with Crippen molar-refractivity contribution in [2.45, 2.75) is 13.8 Å². The molecule has 0 saturated carbocycles. The Labute approximate surface area is 139 Å². The highest BCUT2D eigenvalue weighted by Gasteiger charge is 2.20. The fourth-order valence-electron chi connectivity index (χ4n) is 2.18. The number of nitro groups is 1. The standard InChI is InChI=1S/C18H16N2O4/c1-3-24-17-10-13(9-16(18(17)21)20(22)23)8-15(11-19)14-6-4-12(2)5-7-14/h4-10,21H,3H2,1-2H3/b15-8-. The predicted molar refractivity (Wildman–Crippen MR) is 90.6 cm³/mol. The molecular formula is C18H16N2O4. The lowest BCUT2D eigenvalue weighted by Gasteiger charge is -2.08. The van der Waals surface area contributed by atoms with Crippen LogP contribution < -0.4 is 4.74 Å². The van der Waals surface area contributed by atoms with E-state index in [1.54, 1.807) is 6.92 Å². The highest BCUT2D eigenvalue weighted by molar-refractivity contribution is 5.90. The molecule has 0 spiro atoms. The maximum absolute atomic E-state index is 11.1. The fraction of sp³-hybridized carbons (Fsp3) is 0.167. The van der Waals surface area contributed by atoms with E-state index in [-0.39, 0.29) is 12.4 Å². The third kappa shape index (κ3) is 3.70. The second kappa shape index (κ2) is 7.29. The van der Waals surface area contributed by atoms with Crippen molar-refractivity contribution in [3.63, 3.8) is 0 Å². The van der Waals surface area contributed by atoms with Gasteiger partial charge < -0.3 is 9.84 Å². The van der Waals surface area contributed by atoms with Crippen LogP contribution in [0, 0.1) is 28.4 Å². The predicted octanol–water partition coefficient (Wildman–Crippen LogP) is 4.07. The molecule has 2 aromatic carbocycles. The number of phenols is 1. The third-order valence-corrected chi connectivity index (χ3v) is 3.37. The Morgan fingerprint density at radius 2 is 2.04 bits per heavy atom. The fourth-order valence-corrected chi connectivity index (χ4v) is 2.18. The molecule has 6 nitrogen and oxygen atoms in total. The van der Waals surface area contributed by atoms with Crippen LogP contribution in [0.3, 0.4) is 0 Å². The van der Waals surface area contributed by atoms with Crippen molar-refractivity contribution in [1.82, 2.24) is 0 Å². The largest absolute Gasteiger partial charge is 0.500 e. The Bertz CT molecular complexity index is 833. The summed E-state index contributed by atoms with van der Waals surface area (Å²) in [5, 5.41) is 30.4. The number of hydrogen-bond acceptors (Lipinski definition) is 5. The van der Waals surface area contributed by atoms with Gasteiger partial charge >= 0.3 is 5.69 Å². The van der Waals surface area contributed by atoms with Gasteiger partial charge in [0.25, 0.3) is 0 Å². The van der Waals surface area contributed by atoms with Crippen molar-refractivity contribution in [3.05, 3.63) is 63.2 Å². The van der Waals surface area contributed by atoms with E-state index in [1.165, 1.54) is 18.2 Å². The SMILES string of the molecule is CCOc1cc(/C=C(/C#N)c2ccc(C)cc2)cc([N+](=O)[O-])c1O. The zero-order chi connectivity index (χ0) is 17.7. The van der Waals surface area contributed by atoms with Crippen LogP contribution in [0.25, 0.3) is 11.6 Å². The first kappa shape index (κ1) is 17.0. The summed E-state index contributed by atoms with van der Waals surface area (Å²) in [6, 6.07) is 12.1. The van der Waals surface area contributed by atoms with Crippen LogP contribution in [0.1, 0.15) is 23.6 Å². The molecule has 0 amide bonds. The van der Waals surface area contributed by atoms with Crippen molar-refractivity contribution in [3.8, 4) is 17.6 Å². The van der Waals surface area contributed by atoms with E-state index in [1.807, 2.05) is 31.2 Å². The number of ether oxygens (including phenoxy) is 1. The summed E-state index contributed by atoms with van der Waals surface area (Å²) >= 11 is 0. The van der Waals surface area contributed by atoms with E-state index in [4.69, 9.17) is 4.74 Å². The molecule has 0 aliphatic rings. The molecule has 6 heteroatoms. The number of benzene rings is 2. The molecule has 0 aliphatic heterocycles. The molecule has 2 aromatic rings. The molecule has 0 aromatic heterocycles. The molecule has 0 saturated heterocycles. The van der Waals surface area contributed by atoms with E-state index in [9.17, 15) is 20.5 Å². The summed E-state index contributed by atoms with van der Waals surface area (Å²) in [6.07, 6.45) is 1.53. The molecular weight excluding hydrogens is 308 g/mol. The van der Waals surface area contributed by atoms with Gasteiger partial charge in [0.1, 0.15) is 0 Å². The molecule has 0 unspecified atom stereocenters. The zero-order valence-corrected chi connectivity index (χ0v) is 13.3. The third-order valence-electron chi connectivity index (χ3n) is 3.37. The first-order valence-corrected chi connectivity index (χ1v) is 7.29. The van der Waals surface area contributed by atoms with E-state index in [0.717, 1.165) is 5.56 Å². The molecule has 24 heavy (non-hydrogen) atoms. The molecule has 2 rings (SSSR count). The second-order valence-corrected chi connectivity index (χ2v) is 5.11. The number of aromatic hydroxyl groups is 1. The van der Waals surface area contributed by atoms with Gasteiger partial charge in [0.2, 0.25) is 5.75 Å². The summed E-state index contributed by atoms with van der Waals surface area (Å²) < 4.78 is 5.24. The number of rotatable bonds is 5. The van der Waals surface area contributed by atoms with Crippen LogP contribution in [-0.4, -0.2) is 16.6 Å². The average Bonchev–Trinajstić information content (AvgIpc) is 2.56. The lowest BCUT2D eigenvalue weighted by atomic mass is 10.0. The van der Waals surface area contributed by atoms with Gasteiger partial charge in [-0.2, -0.15) is 5.26 Å². The highest BCUT2D eigenvalue weighted by Crippen LogP contribution is 2.38. The van der Waals surface area contributed by atoms with Crippen LogP contribution in [-0.2, 0) is 0 Å². The first-order chi connectivity index (χ1) is 11.5. The number of phenolic OH excluding ortho intramolecular Hbond substituents is 1. The van der Waals surface area contributed by atoms with Crippen molar-refractivity contribution in [1.29, 1.82) is 5.26 Å². The summed E-state index contributed by atoms with van der Waals surface area (Å²) in [4.78, 5) is 10.4. The lowest BCUT2D eigenvalue weighted by molar-refractivity contribution is -0.386. The first-order valence-electron chi connectivity index (χ1n) is 7.29. The summed E-state index contributed by atoms with van der Waals surface area (Å²) in [5.74, 6) is -0.507. The van der Waals surface area contributed by atoms with Gasteiger partial charge in [-0.15, -0.1) is 0 Å². The number of nitro benzene ring substituents is 1. The maximum Gasteiger partial charge on any atom is 0.315 e. The Morgan fingerprint density at radius 3 is 2.58 bits per heavy atom. The molecule has 0 aliphatic carbocycles. The van der Waals surface area contributed by atoms with Gasteiger partial charge in [-0.3, -0.25) is 10.1 Å². The van der Waals surface area contributed by atoms with Gasteiger partial charge in [-0.05, 0) is 37.1 Å². The maximum atomic E-state index is 11.1. The number of hydrogen-bond donors (Lipinski definition) is 1. The molecule has 0 atom stereocenters. The minimum absolute atomic E-state index is 0.0131. The second-order valence-electron chi connectivity index (χ2n) is 5.11. The summed E-state index contributed by atoms with van der Waals surface area (Å²) in [7, 11) is 0. The number of aryl methyl sites for hydroxylation is 1. The minimum Gasteiger partial charge on any atom is -0.500 e. The molecule has 0 bridgehead atoms. The zero-order valence-electron chi connectivity index (χ0n) is 13.3. The van der Waals surface area contributed by atoms with E-state index < -0.39 is 16.4 Å². The van der Waals surface area contributed by atoms with E-state index >= 15 is 0 Å².